The molecule has 0 spiro atoms. The molecule has 1 unspecified atom stereocenters. The van der Waals surface area contributed by atoms with Gasteiger partial charge in [-0.15, -0.1) is 12.4 Å². The molecule has 5 nitrogen and oxygen atoms in total. The van der Waals surface area contributed by atoms with Crippen LogP contribution in [0.25, 0.3) is 0 Å². The highest BCUT2D eigenvalue weighted by molar-refractivity contribution is 5.96. The lowest BCUT2D eigenvalue weighted by atomic mass is 10.1. The molecule has 2 rings (SSSR count). The third-order valence-electron chi connectivity index (χ3n) is 3.56. The van der Waals surface area contributed by atoms with E-state index in [2.05, 4.69) is 10.6 Å². The summed E-state index contributed by atoms with van der Waals surface area (Å²) in [5.41, 5.74) is 8.23. The second-order valence-electron chi connectivity index (χ2n) is 6.01. The smallest absolute Gasteiger partial charge is 0.241 e. The van der Waals surface area contributed by atoms with Gasteiger partial charge >= 0.3 is 0 Å². The normalized spacial score (nSPS) is 11.4. The van der Waals surface area contributed by atoms with Crippen LogP contribution in [0.4, 0.5) is 11.4 Å². The molecule has 0 saturated carbocycles. The van der Waals surface area contributed by atoms with E-state index in [0.717, 1.165) is 5.56 Å². The molecule has 2 aromatic carbocycles. The van der Waals surface area contributed by atoms with Gasteiger partial charge in [-0.3, -0.25) is 9.59 Å². The molecule has 0 fully saturated rings. The third-order valence-corrected chi connectivity index (χ3v) is 3.56. The summed E-state index contributed by atoms with van der Waals surface area (Å²) in [5.74, 6) is -0.437. The molecule has 0 bridgehead atoms. The van der Waals surface area contributed by atoms with Gasteiger partial charge < -0.3 is 16.4 Å². The van der Waals surface area contributed by atoms with Gasteiger partial charge in [0.05, 0.1) is 6.04 Å². The zero-order valence-electron chi connectivity index (χ0n) is 14.4. The quantitative estimate of drug-likeness (QED) is 0.738. The van der Waals surface area contributed by atoms with Crippen molar-refractivity contribution in [2.45, 2.75) is 26.3 Å². The van der Waals surface area contributed by atoms with Gasteiger partial charge in [0.2, 0.25) is 11.8 Å². The average Bonchev–Trinajstić information content (AvgIpc) is 2.56. The Bertz CT molecular complexity index is 705. The molecule has 0 heterocycles. The van der Waals surface area contributed by atoms with Gasteiger partial charge in [0.15, 0.2) is 0 Å². The molecule has 0 aliphatic carbocycles. The van der Waals surface area contributed by atoms with E-state index in [1.807, 2.05) is 44.2 Å². The van der Waals surface area contributed by atoms with Gasteiger partial charge in [0, 0.05) is 17.3 Å². The molecule has 0 saturated heterocycles. The van der Waals surface area contributed by atoms with E-state index >= 15 is 0 Å². The number of carbonyl (C=O) groups is 2. The summed E-state index contributed by atoms with van der Waals surface area (Å²) in [5, 5.41) is 5.59. The standard InChI is InChI=1S/C19H23N3O2.ClH/c1-13(2)18(23)21-15-9-6-10-16(12-15)22-19(24)17(20)11-14-7-4-3-5-8-14;/h3-10,12-13,17H,11,20H2,1-2H3,(H,21,23)(H,22,24);1H. The van der Waals surface area contributed by atoms with Crippen LogP contribution in [0, 0.1) is 5.92 Å². The van der Waals surface area contributed by atoms with Gasteiger partial charge in [-0.2, -0.15) is 0 Å². The first-order valence-corrected chi connectivity index (χ1v) is 7.97. The number of nitrogens with one attached hydrogen (secondary N) is 2. The lowest BCUT2D eigenvalue weighted by molar-refractivity contribution is -0.119. The molecule has 134 valence electrons. The molecule has 0 aliphatic rings. The molecule has 4 N–H and O–H groups in total. The Kier molecular flexibility index (Phi) is 8.11. The van der Waals surface area contributed by atoms with Crippen molar-refractivity contribution in [3.05, 3.63) is 60.2 Å². The molecule has 0 aromatic heterocycles. The number of amides is 2. The van der Waals surface area contributed by atoms with Crippen molar-refractivity contribution in [1.82, 2.24) is 0 Å². The molecule has 6 heteroatoms. The largest absolute Gasteiger partial charge is 0.326 e. The average molecular weight is 362 g/mol. The molecule has 0 radical (unpaired) electrons. The summed E-state index contributed by atoms with van der Waals surface area (Å²) in [6.07, 6.45) is 0.469. The molecule has 1 atom stereocenters. The highest BCUT2D eigenvalue weighted by atomic mass is 35.5. The number of anilines is 2. The number of hydrogen-bond acceptors (Lipinski definition) is 3. The van der Waals surface area contributed by atoms with Crippen LogP contribution in [-0.4, -0.2) is 17.9 Å². The Labute approximate surface area is 154 Å². The van der Waals surface area contributed by atoms with Crippen molar-refractivity contribution in [3.63, 3.8) is 0 Å². The minimum atomic E-state index is -0.638. The fourth-order valence-electron chi connectivity index (χ4n) is 2.16. The van der Waals surface area contributed by atoms with Crippen molar-refractivity contribution >= 4 is 35.6 Å². The maximum Gasteiger partial charge on any atom is 0.241 e. The van der Waals surface area contributed by atoms with Crippen molar-refractivity contribution in [2.75, 3.05) is 10.6 Å². The second-order valence-corrected chi connectivity index (χ2v) is 6.01. The van der Waals surface area contributed by atoms with Crippen LogP contribution in [0.5, 0.6) is 0 Å². The number of rotatable bonds is 6. The SMILES string of the molecule is CC(C)C(=O)Nc1cccc(NC(=O)C(N)Cc2ccccc2)c1.Cl. The third kappa shape index (κ3) is 6.57. The summed E-state index contributed by atoms with van der Waals surface area (Å²) in [6.45, 7) is 3.65. The molecular formula is C19H24ClN3O2. The lowest BCUT2D eigenvalue weighted by Gasteiger charge is -2.14. The van der Waals surface area contributed by atoms with Crippen LogP contribution in [0.3, 0.4) is 0 Å². The Hall–Kier alpha value is -2.37. The summed E-state index contributed by atoms with van der Waals surface area (Å²) in [6, 6.07) is 16.0. The van der Waals surface area contributed by atoms with Crippen LogP contribution in [0.2, 0.25) is 0 Å². The first kappa shape index (κ1) is 20.7. The van der Waals surface area contributed by atoms with Crippen LogP contribution in [0.1, 0.15) is 19.4 Å². The second kappa shape index (κ2) is 9.81. The molecule has 25 heavy (non-hydrogen) atoms. The van der Waals surface area contributed by atoms with Gasteiger partial charge in [-0.25, -0.2) is 0 Å². The predicted molar refractivity (Wildman–Crippen MR) is 104 cm³/mol. The van der Waals surface area contributed by atoms with Crippen LogP contribution in [0.15, 0.2) is 54.6 Å². The van der Waals surface area contributed by atoms with Crippen LogP contribution >= 0.6 is 12.4 Å². The molecule has 2 aromatic rings. The molecule has 2 amide bonds. The van der Waals surface area contributed by atoms with E-state index in [1.54, 1.807) is 24.3 Å². The molecule has 0 aliphatic heterocycles. The number of carbonyl (C=O) groups excluding carboxylic acids is 2. The molecular weight excluding hydrogens is 338 g/mol. The van der Waals surface area contributed by atoms with Gasteiger partial charge in [0.25, 0.3) is 0 Å². The van der Waals surface area contributed by atoms with E-state index < -0.39 is 6.04 Å². The van der Waals surface area contributed by atoms with Crippen molar-refractivity contribution < 1.29 is 9.59 Å². The van der Waals surface area contributed by atoms with Crippen molar-refractivity contribution in [1.29, 1.82) is 0 Å². The maximum atomic E-state index is 12.2. The van der Waals surface area contributed by atoms with E-state index in [0.29, 0.717) is 17.8 Å². The highest BCUT2D eigenvalue weighted by Gasteiger charge is 2.14. The summed E-state index contributed by atoms with van der Waals surface area (Å²) >= 11 is 0. The zero-order valence-corrected chi connectivity index (χ0v) is 15.2. The van der Waals surface area contributed by atoms with Crippen LogP contribution in [-0.2, 0) is 16.0 Å². The van der Waals surface area contributed by atoms with Gasteiger partial charge in [0.1, 0.15) is 0 Å². The fraction of sp³-hybridized carbons (Fsp3) is 0.263. The maximum absolute atomic E-state index is 12.2. The monoisotopic (exact) mass is 361 g/mol. The predicted octanol–water partition coefficient (Wildman–Crippen LogP) is 3.21. The zero-order chi connectivity index (χ0) is 17.5. The number of benzene rings is 2. The van der Waals surface area contributed by atoms with E-state index in [1.165, 1.54) is 0 Å². The van der Waals surface area contributed by atoms with Gasteiger partial charge in [-0.05, 0) is 30.2 Å². The summed E-state index contributed by atoms with van der Waals surface area (Å²) in [4.78, 5) is 24.0. The van der Waals surface area contributed by atoms with E-state index in [9.17, 15) is 9.59 Å². The first-order chi connectivity index (χ1) is 11.5. The highest BCUT2D eigenvalue weighted by Crippen LogP contribution is 2.16. The van der Waals surface area contributed by atoms with E-state index in [4.69, 9.17) is 5.73 Å². The number of hydrogen-bond donors (Lipinski definition) is 3. The number of nitrogens with two attached hydrogens (primary N) is 1. The Morgan fingerprint density at radius 3 is 2.04 bits per heavy atom. The van der Waals surface area contributed by atoms with Gasteiger partial charge in [-0.1, -0.05) is 50.2 Å². The van der Waals surface area contributed by atoms with Crippen molar-refractivity contribution in [2.24, 2.45) is 11.7 Å². The minimum absolute atomic E-state index is 0. The first-order valence-electron chi connectivity index (χ1n) is 7.97. The lowest BCUT2D eigenvalue weighted by Crippen LogP contribution is -2.37. The number of halogens is 1. The Morgan fingerprint density at radius 1 is 0.920 bits per heavy atom. The summed E-state index contributed by atoms with van der Waals surface area (Å²) in [7, 11) is 0. The topological polar surface area (TPSA) is 84.2 Å². The Morgan fingerprint density at radius 2 is 1.48 bits per heavy atom. The van der Waals surface area contributed by atoms with E-state index in [-0.39, 0.29) is 30.1 Å². The minimum Gasteiger partial charge on any atom is -0.326 e. The Balaban J connectivity index is 0.00000312. The summed E-state index contributed by atoms with van der Waals surface area (Å²) < 4.78 is 0. The van der Waals surface area contributed by atoms with Crippen molar-refractivity contribution in [3.8, 4) is 0 Å². The van der Waals surface area contributed by atoms with Crippen LogP contribution < -0.4 is 16.4 Å². The fourth-order valence-corrected chi connectivity index (χ4v) is 2.16.